The monoisotopic (exact) mass is 415 g/mol. The van der Waals surface area contributed by atoms with Gasteiger partial charge >= 0.3 is 0 Å². The predicted octanol–water partition coefficient (Wildman–Crippen LogP) is 5.17. The molecule has 3 heteroatoms. The predicted molar refractivity (Wildman–Crippen MR) is 131 cm³/mol. The smallest absolute Gasteiger partial charge is 0.0483 e. The summed E-state index contributed by atoms with van der Waals surface area (Å²) in [6, 6.07) is 17.0. The van der Waals surface area contributed by atoms with Gasteiger partial charge < -0.3 is 9.47 Å². The number of benzene rings is 2. The van der Waals surface area contributed by atoms with Gasteiger partial charge in [-0.05, 0) is 94.0 Å². The number of hydrogen-bond donors (Lipinski definition) is 0. The maximum Gasteiger partial charge on any atom is 0.0483 e. The van der Waals surface area contributed by atoms with Crippen molar-refractivity contribution in [2.75, 3.05) is 27.2 Å². The van der Waals surface area contributed by atoms with Crippen LogP contribution in [0.25, 0.3) is 10.9 Å². The number of nitrogens with zero attached hydrogens (tertiary/aromatic N) is 3. The van der Waals surface area contributed by atoms with E-state index in [1.54, 1.807) is 16.7 Å². The van der Waals surface area contributed by atoms with E-state index in [1.165, 1.54) is 73.8 Å². The van der Waals surface area contributed by atoms with Gasteiger partial charge in [-0.3, -0.25) is 4.90 Å². The van der Waals surface area contributed by atoms with Gasteiger partial charge in [0.15, 0.2) is 0 Å². The van der Waals surface area contributed by atoms with E-state index < -0.39 is 0 Å². The highest BCUT2D eigenvalue weighted by molar-refractivity contribution is 5.85. The van der Waals surface area contributed by atoms with E-state index in [1.807, 2.05) is 0 Å². The minimum absolute atomic E-state index is 0.735. The standard InChI is InChI=1S/C28H37N3/c1-29(2)24-14-16-31(17-15-24)20-26-25-10-6-7-11-27(25)30(3)28(26)19-21-12-13-22-8-4-5-9-23(22)18-21/h6-7,10-13,18,24H,4-5,8-9,14-17,19-20H2,1-3H3. The Labute approximate surface area is 187 Å². The van der Waals surface area contributed by atoms with Crippen LogP contribution in [0.1, 0.15) is 53.6 Å². The minimum Gasteiger partial charge on any atom is -0.347 e. The molecule has 5 rings (SSSR count). The molecule has 0 amide bonds. The highest BCUT2D eigenvalue weighted by Gasteiger charge is 2.23. The third-order valence-corrected chi connectivity index (χ3v) is 7.80. The van der Waals surface area contributed by atoms with Gasteiger partial charge in [-0.15, -0.1) is 0 Å². The van der Waals surface area contributed by atoms with Crippen LogP contribution in [-0.2, 0) is 32.9 Å². The molecule has 0 radical (unpaired) electrons. The lowest BCUT2D eigenvalue weighted by Gasteiger charge is -2.35. The van der Waals surface area contributed by atoms with Crippen molar-refractivity contribution >= 4 is 10.9 Å². The SMILES string of the molecule is CN(C)C1CCN(Cc2c(Cc3ccc4c(c3)CCCC4)n(C)c3ccccc23)CC1. The van der Waals surface area contributed by atoms with Gasteiger partial charge in [0.2, 0.25) is 0 Å². The van der Waals surface area contributed by atoms with E-state index >= 15 is 0 Å². The van der Waals surface area contributed by atoms with Gasteiger partial charge in [0.05, 0.1) is 0 Å². The average Bonchev–Trinajstić information content (AvgIpc) is 3.05. The van der Waals surface area contributed by atoms with Crippen LogP contribution in [0.3, 0.4) is 0 Å². The molecule has 1 aliphatic heterocycles. The van der Waals surface area contributed by atoms with Gasteiger partial charge in [0.25, 0.3) is 0 Å². The molecular weight excluding hydrogens is 378 g/mol. The van der Waals surface area contributed by atoms with Crippen molar-refractivity contribution in [1.82, 2.24) is 14.4 Å². The molecule has 0 saturated carbocycles. The Hall–Kier alpha value is -2.10. The lowest BCUT2D eigenvalue weighted by atomic mass is 9.89. The summed E-state index contributed by atoms with van der Waals surface area (Å²) in [5, 5.41) is 1.44. The van der Waals surface area contributed by atoms with Crippen LogP contribution < -0.4 is 0 Å². The highest BCUT2D eigenvalue weighted by Crippen LogP contribution is 2.31. The molecule has 2 heterocycles. The van der Waals surface area contributed by atoms with Gasteiger partial charge in [-0.1, -0.05) is 36.4 Å². The molecule has 1 saturated heterocycles. The summed E-state index contributed by atoms with van der Waals surface area (Å²) in [5.41, 5.74) is 9.05. The molecule has 164 valence electrons. The number of aromatic nitrogens is 1. The summed E-state index contributed by atoms with van der Waals surface area (Å²) < 4.78 is 2.46. The zero-order chi connectivity index (χ0) is 21.4. The molecule has 0 atom stereocenters. The number of rotatable bonds is 5. The summed E-state index contributed by atoms with van der Waals surface area (Å²) in [4.78, 5) is 5.08. The van der Waals surface area contributed by atoms with Crippen molar-refractivity contribution in [2.24, 2.45) is 7.05 Å². The largest absolute Gasteiger partial charge is 0.347 e. The van der Waals surface area contributed by atoms with E-state index in [9.17, 15) is 0 Å². The number of aryl methyl sites for hydroxylation is 3. The molecule has 3 nitrogen and oxygen atoms in total. The van der Waals surface area contributed by atoms with Crippen LogP contribution in [0, 0.1) is 0 Å². The van der Waals surface area contributed by atoms with E-state index in [0.29, 0.717) is 0 Å². The van der Waals surface area contributed by atoms with Crippen LogP contribution in [0.15, 0.2) is 42.5 Å². The van der Waals surface area contributed by atoms with Crippen molar-refractivity contribution in [2.45, 2.75) is 57.5 Å². The molecule has 1 aliphatic carbocycles. The Kier molecular flexibility index (Phi) is 5.90. The Bertz CT molecular complexity index is 1050. The number of hydrogen-bond acceptors (Lipinski definition) is 2. The summed E-state index contributed by atoms with van der Waals surface area (Å²) in [6.45, 7) is 3.47. The quantitative estimate of drug-likeness (QED) is 0.569. The molecular formula is C28H37N3. The molecule has 2 aromatic carbocycles. The maximum atomic E-state index is 2.68. The van der Waals surface area contributed by atoms with E-state index in [-0.39, 0.29) is 0 Å². The van der Waals surface area contributed by atoms with Gasteiger partial charge in [-0.25, -0.2) is 0 Å². The molecule has 0 spiro atoms. The second kappa shape index (κ2) is 8.80. The fraction of sp³-hybridized carbons (Fsp3) is 0.500. The van der Waals surface area contributed by atoms with Crippen molar-refractivity contribution in [3.8, 4) is 0 Å². The molecule has 0 bridgehead atoms. The topological polar surface area (TPSA) is 11.4 Å². The first-order valence-corrected chi connectivity index (χ1v) is 12.1. The van der Waals surface area contributed by atoms with Crippen molar-refractivity contribution in [3.05, 3.63) is 70.4 Å². The minimum atomic E-state index is 0.735. The second-order valence-corrected chi connectivity index (χ2v) is 9.96. The van der Waals surface area contributed by atoms with Crippen molar-refractivity contribution < 1.29 is 0 Å². The maximum absolute atomic E-state index is 2.68. The van der Waals surface area contributed by atoms with Crippen LogP contribution in [0.4, 0.5) is 0 Å². The van der Waals surface area contributed by atoms with Crippen molar-refractivity contribution in [3.63, 3.8) is 0 Å². The molecule has 3 aromatic rings. The Morgan fingerprint density at radius 1 is 0.935 bits per heavy atom. The van der Waals surface area contributed by atoms with Crippen LogP contribution in [0.5, 0.6) is 0 Å². The second-order valence-electron chi connectivity index (χ2n) is 9.96. The Morgan fingerprint density at radius 3 is 2.45 bits per heavy atom. The molecule has 1 fully saturated rings. The first-order valence-electron chi connectivity index (χ1n) is 12.1. The summed E-state index contributed by atoms with van der Waals surface area (Å²) in [6.07, 6.45) is 8.80. The Balaban J connectivity index is 1.45. The third-order valence-electron chi connectivity index (χ3n) is 7.80. The molecule has 0 unspecified atom stereocenters. The zero-order valence-electron chi connectivity index (χ0n) is 19.5. The highest BCUT2D eigenvalue weighted by atomic mass is 15.2. The van der Waals surface area contributed by atoms with Crippen LogP contribution >= 0.6 is 0 Å². The summed E-state index contributed by atoms with van der Waals surface area (Å²) >= 11 is 0. The van der Waals surface area contributed by atoms with Crippen molar-refractivity contribution in [1.29, 1.82) is 0 Å². The van der Waals surface area contributed by atoms with Crippen LogP contribution in [-0.4, -0.2) is 47.6 Å². The number of likely N-dealkylation sites (tertiary alicyclic amines) is 1. The fourth-order valence-electron chi connectivity index (χ4n) is 5.83. The van der Waals surface area contributed by atoms with E-state index in [4.69, 9.17) is 0 Å². The van der Waals surface area contributed by atoms with Gasteiger partial charge in [0, 0.05) is 42.7 Å². The van der Waals surface area contributed by atoms with Gasteiger partial charge in [0.1, 0.15) is 0 Å². The van der Waals surface area contributed by atoms with E-state index in [0.717, 1.165) is 19.0 Å². The zero-order valence-corrected chi connectivity index (χ0v) is 19.5. The molecule has 31 heavy (non-hydrogen) atoms. The molecule has 2 aliphatic rings. The first-order chi connectivity index (χ1) is 15.1. The normalized spacial score (nSPS) is 18.1. The van der Waals surface area contributed by atoms with E-state index in [2.05, 4.69) is 78.0 Å². The fourth-order valence-corrected chi connectivity index (χ4v) is 5.83. The number of para-hydroxylation sites is 1. The average molecular weight is 416 g/mol. The lowest BCUT2D eigenvalue weighted by molar-refractivity contribution is 0.140. The Morgan fingerprint density at radius 2 is 1.68 bits per heavy atom. The number of fused-ring (bicyclic) bond motifs is 2. The lowest BCUT2D eigenvalue weighted by Crippen LogP contribution is -2.41. The summed E-state index contributed by atoms with van der Waals surface area (Å²) in [7, 11) is 6.71. The van der Waals surface area contributed by atoms with Crippen LogP contribution in [0.2, 0.25) is 0 Å². The summed E-state index contributed by atoms with van der Waals surface area (Å²) in [5.74, 6) is 0. The molecule has 1 aromatic heterocycles. The molecule has 0 N–H and O–H groups in total. The number of piperidine rings is 1. The van der Waals surface area contributed by atoms with Gasteiger partial charge in [-0.2, -0.15) is 0 Å². The third kappa shape index (κ3) is 4.18. The first kappa shape index (κ1) is 20.8.